The molecule has 0 bridgehead atoms. The second-order valence-corrected chi connectivity index (χ2v) is 6.27. The first-order chi connectivity index (χ1) is 9.95. The maximum absolute atomic E-state index is 11.9. The minimum absolute atomic E-state index is 0.0623. The van der Waals surface area contributed by atoms with Gasteiger partial charge in [-0.1, -0.05) is 17.7 Å². The zero-order valence-corrected chi connectivity index (χ0v) is 12.9. The average molecular weight is 324 g/mol. The summed E-state index contributed by atoms with van der Waals surface area (Å²) in [6.45, 7) is 0. The highest BCUT2D eigenvalue weighted by molar-refractivity contribution is 7.84. The summed E-state index contributed by atoms with van der Waals surface area (Å²) >= 11 is 5.96. The van der Waals surface area contributed by atoms with E-state index in [2.05, 4.69) is 5.32 Å². The lowest BCUT2D eigenvalue weighted by Crippen LogP contribution is -2.14. The van der Waals surface area contributed by atoms with Gasteiger partial charge < -0.3 is 10.4 Å². The number of phenols is 1. The van der Waals surface area contributed by atoms with Gasteiger partial charge in [0.1, 0.15) is 5.75 Å². The standard InChI is InChI=1S/C15H14ClNO3S/c1-21(20)13-6-3-11(4-7-13)17-15(19)8-10-2-5-12(18)9-14(10)16/h2-7,9,18H,8H2,1H3,(H,17,19). The van der Waals surface area contributed by atoms with E-state index in [4.69, 9.17) is 11.6 Å². The number of aromatic hydroxyl groups is 1. The smallest absolute Gasteiger partial charge is 0.228 e. The zero-order chi connectivity index (χ0) is 15.4. The molecule has 2 rings (SSSR count). The van der Waals surface area contributed by atoms with Crippen LogP contribution in [0.4, 0.5) is 5.69 Å². The Morgan fingerprint density at radius 3 is 2.48 bits per heavy atom. The minimum Gasteiger partial charge on any atom is -0.508 e. The second-order valence-electron chi connectivity index (χ2n) is 4.48. The summed E-state index contributed by atoms with van der Waals surface area (Å²) in [5.74, 6) is -0.153. The maximum atomic E-state index is 11.9. The molecule has 110 valence electrons. The van der Waals surface area contributed by atoms with Crippen LogP contribution in [0.3, 0.4) is 0 Å². The fraction of sp³-hybridized carbons (Fsp3) is 0.133. The number of hydrogen-bond acceptors (Lipinski definition) is 3. The van der Waals surface area contributed by atoms with Gasteiger partial charge in [0.05, 0.1) is 6.42 Å². The molecule has 0 radical (unpaired) electrons. The first-order valence-electron chi connectivity index (χ1n) is 6.16. The van der Waals surface area contributed by atoms with Crippen molar-refractivity contribution >= 4 is 34.0 Å². The number of rotatable bonds is 4. The molecule has 0 fully saturated rings. The highest BCUT2D eigenvalue weighted by Crippen LogP contribution is 2.22. The molecule has 0 saturated carbocycles. The monoisotopic (exact) mass is 323 g/mol. The SMILES string of the molecule is CS(=O)c1ccc(NC(=O)Cc2ccc(O)cc2Cl)cc1. The van der Waals surface area contributed by atoms with Crippen LogP contribution in [-0.2, 0) is 22.0 Å². The third kappa shape index (κ3) is 4.31. The Labute approximate surface area is 130 Å². The van der Waals surface area contributed by atoms with Crippen molar-refractivity contribution in [2.45, 2.75) is 11.3 Å². The number of amides is 1. The van der Waals surface area contributed by atoms with Crippen molar-refractivity contribution in [1.82, 2.24) is 0 Å². The predicted molar refractivity (Wildman–Crippen MR) is 84.2 cm³/mol. The van der Waals surface area contributed by atoms with Crippen LogP contribution in [0.2, 0.25) is 5.02 Å². The maximum Gasteiger partial charge on any atom is 0.228 e. The quantitative estimate of drug-likeness (QED) is 0.909. The first-order valence-corrected chi connectivity index (χ1v) is 8.10. The fourth-order valence-corrected chi connectivity index (χ4v) is 2.55. The molecule has 2 N–H and O–H groups in total. The highest BCUT2D eigenvalue weighted by atomic mass is 35.5. The first kappa shape index (κ1) is 15.5. The fourth-order valence-electron chi connectivity index (χ4n) is 1.79. The van der Waals surface area contributed by atoms with Gasteiger partial charge in [0, 0.05) is 32.7 Å². The van der Waals surface area contributed by atoms with Crippen LogP contribution < -0.4 is 5.32 Å². The molecule has 4 nitrogen and oxygen atoms in total. The van der Waals surface area contributed by atoms with Crippen LogP contribution in [0.1, 0.15) is 5.56 Å². The van der Waals surface area contributed by atoms with Crippen LogP contribution in [0.15, 0.2) is 47.4 Å². The minimum atomic E-state index is -1.04. The van der Waals surface area contributed by atoms with E-state index in [1.807, 2.05) is 0 Å². The second kappa shape index (κ2) is 6.74. The van der Waals surface area contributed by atoms with Crippen molar-refractivity contribution in [3.63, 3.8) is 0 Å². The highest BCUT2D eigenvalue weighted by Gasteiger charge is 2.08. The van der Waals surface area contributed by atoms with Gasteiger partial charge in [-0.3, -0.25) is 9.00 Å². The molecule has 0 aliphatic carbocycles. The molecule has 0 saturated heterocycles. The molecular formula is C15H14ClNO3S. The molecule has 1 unspecified atom stereocenters. The Balaban J connectivity index is 2.02. The Morgan fingerprint density at radius 1 is 1.24 bits per heavy atom. The number of anilines is 1. The lowest BCUT2D eigenvalue weighted by atomic mass is 10.1. The molecule has 21 heavy (non-hydrogen) atoms. The summed E-state index contributed by atoms with van der Waals surface area (Å²) in [4.78, 5) is 12.6. The van der Waals surface area contributed by atoms with Gasteiger partial charge in [-0.2, -0.15) is 0 Å². The van der Waals surface area contributed by atoms with Gasteiger partial charge in [0.2, 0.25) is 5.91 Å². The summed E-state index contributed by atoms with van der Waals surface area (Å²) in [5.41, 5.74) is 1.27. The molecule has 6 heteroatoms. The number of halogens is 1. The number of phenolic OH excluding ortho intramolecular Hbond substituents is 1. The van der Waals surface area contributed by atoms with Crippen LogP contribution in [-0.4, -0.2) is 21.5 Å². The van der Waals surface area contributed by atoms with E-state index in [1.54, 1.807) is 36.6 Å². The molecule has 1 amide bonds. The molecule has 0 spiro atoms. The molecule has 1 atom stereocenters. The summed E-state index contributed by atoms with van der Waals surface area (Å²) in [5, 5.41) is 12.4. The van der Waals surface area contributed by atoms with E-state index >= 15 is 0 Å². The van der Waals surface area contributed by atoms with Gasteiger partial charge in [0.15, 0.2) is 0 Å². The average Bonchev–Trinajstić information content (AvgIpc) is 2.42. The number of carbonyl (C=O) groups is 1. The van der Waals surface area contributed by atoms with Gasteiger partial charge in [-0.25, -0.2) is 0 Å². The van der Waals surface area contributed by atoms with E-state index in [-0.39, 0.29) is 18.1 Å². The molecule has 2 aromatic rings. The summed E-state index contributed by atoms with van der Waals surface area (Å²) < 4.78 is 11.3. The molecule has 0 heterocycles. The van der Waals surface area contributed by atoms with Crippen LogP contribution >= 0.6 is 11.6 Å². The van der Waals surface area contributed by atoms with E-state index in [0.717, 1.165) is 0 Å². The van der Waals surface area contributed by atoms with Gasteiger partial charge >= 0.3 is 0 Å². The Hall–Kier alpha value is -1.85. The summed E-state index contributed by atoms with van der Waals surface area (Å²) in [6.07, 6.45) is 1.71. The van der Waals surface area contributed by atoms with Crippen molar-refractivity contribution < 1.29 is 14.1 Å². The number of carbonyl (C=O) groups excluding carboxylic acids is 1. The molecule has 0 aromatic heterocycles. The van der Waals surface area contributed by atoms with E-state index in [0.29, 0.717) is 21.2 Å². The van der Waals surface area contributed by atoms with Gasteiger partial charge in [-0.05, 0) is 42.0 Å². The normalized spacial score (nSPS) is 11.9. The summed E-state index contributed by atoms with van der Waals surface area (Å²) in [7, 11) is -1.04. The van der Waals surface area contributed by atoms with E-state index in [1.165, 1.54) is 12.1 Å². The largest absolute Gasteiger partial charge is 0.508 e. The lowest BCUT2D eigenvalue weighted by Gasteiger charge is -2.07. The third-order valence-electron chi connectivity index (χ3n) is 2.86. The number of nitrogens with one attached hydrogen (secondary N) is 1. The Kier molecular flexibility index (Phi) is 4.98. The van der Waals surface area contributed by atoms with Gasteiger partial charge in [0.25, 0.3) is 0 Å². The van der Waals surface area contributed by atoms with E-state index in [9.17, 15) is 14.1 Å². The molecular weight excluding hydrogens is 310 g/mol. The lowest BCUT2D eigenvalue weighted by molar-refractivity contribution is -0.115. The van der Waals surface area contributed by atoms with Crippen molar-refractivity contribution in [2.24, 2.45) is 0 Å². The number of benzene rings is 2. The summed E-state index contributed by atoms with van der Waals surface area (Å²) in [6, 6.07) is 11.3. The van der Waals surface area contributed by atoms with Crippen molar-refractivity contribution in [2.75, 3.05) is 11.6 Å². The molecule has 0 aliphatic heterocycles. The van der Waals surface area contributed by atoms with Crippen LogP contribution in [0, 0.1) is 0 Å². The molecule has 2 aromatic carbocycles. The Morgan fingerprint density at radius 2 is 1.90 bits per heavy atom. The van der Waals surface area contributed by atoms with Crippen molar-refractivity contribution in [3.8, 4) is 5.75 Å². The third-order valence-corrected chi connectivity index (χ3v) is 4.15. The van der Waals surface area contributed by atoms with Crippen molar-refractivity contribution in [1.29, 1.82) is 0 Å². The van der Waals surface area contributed by atoms with Crippen LogP contribution in [0.5, 0.6) is 5.75 Å². The van der Waals surface area contributed by atoms with E-state index < -0.39 is 10.8 Å². The predicted octanol–water partition coefficient (Wildman–Crippen LogP) is 2.96. The van der Waals surface area contributed by atoms with Crippen LogP contribution in [0.25, 0.3) is 0 Å². The Bertz CT molecular complexity index is 686. The molecule has 0 aliphatic rings. The topological polar surface area (TPSA) is 66.4 Å². The zero-order valence-electron chi connectivity index (χ0n) is 11.3. The number of hydrogen-bond donors (Lipinski definition) is 2. The van der Waals surface area contributed by atoms with Gasteiger partial charge in [-0.15, -0.1) is 0 Å². The van der Waals surface area contributed by atoms with Crippen molar-refractivity contribution in [3.05, 3.63) is 53.1 Å².